The van der Waals surface area contributed by atoms with Crippen molar-refractivity contribution in [2.24, 2.45) is 0 Å². The first kappa shape index (κ1) is 18.9. The van der Waals surface area contributed by atoms with Gasteiger partial charge in [0.15, 0.2) is 0 Å². The predicted molar refractivity (Wildman–Crippen MR) is 117 cm³/mol. The highest BCUT2D eigenvalue weighted by molar-refractivity contribution is 7.93. The topological polar surface area (TPSA) is 87.8 Å². The minimum atomic E-state index is -1.12. The average molecular weight is 409 g/mol. The number of nitrogens with two attached hydrogens (primary N) is 1. The van der Waals surface area contributed by atoms with E-state index < -0.39 is 11.2 Å². The van der Waals surface area contributed by atoms with Gasteiger partial charge in [-0.05, 0) is 47.4 Å². The molecule has 0 spiro atoms. The number of fused-ring (bicyclic) bond motifs is 1. The molecule has 4 aromatic rings. The van der Waals surface area contributed by atoms with Crippen molar-refractivity contribution in [1.82, 2.24) is 15.0 Å². The lowest BCUT2D eigenvalue weighted by molar-refractivity contribution is 0.594. The lowest BCUT2D eigenvalue weighted by atomic mass is 10.0. The summed E-state index contributed by atoms with van der Waals surface area (Å²) >= 11 is 0.305. The molecule has 2 N–H and O–H groups in total. The summed E-state index contributed by atoms with van der Waals surface area (Å²) in [6, 6.07) is 9.77. The summed E-state index contributed by atoms with van der Waals surface area (Å²) in [6.45, 7) is 2.09. The number of pyridine rings is 3. The monoisotopic (exact) mass is 408 g/mol. The Morgan fingerprint density at radius 1 is 1.11 bits per heavy atom. The second-order valence-electron chi connectivity index (χ2n) is 6.43. The van der Waals surface area contributed by atoms with Crippen LogP contribution in [0.5, 0.6) is 0 Å². The molecule has 0 aliphatic rings. The fourth-order valence-electron chi connectivity index (χ4n) is 3.05. The zero-order valence-corrected chi connectivity index (χ0v) is 17.1. The summed E-state index contributed by atoms with van der Waals surface area (Å²) in [6.07, 6.45) is 8.99. The van der Waals surface area contributed by atoms with Crippen LogP contribution in [0.15, 0.2) is 59.3 Å². The lowest BCUT2D eigenvalue weighted by Gasteiger charge is -2.09. The fraction of sp³-hybridized carbons (Fsp3) is 0.190. The third-order valence-electron chi connectivity index (χ3n) is 4.48. The van der Waals surface area contributed by atoms with Crippen LogP contribution in [0.3, 0.4) is 0 Å². The number of nitrogens with zero attached hydrogens (tertiary/aromatic N) is 3. The first-order chi connectivity index (χ1) is 13.7. The molecule has 0 aliphatic carbocycles. The van der Waals surface area contributed by atoms with Crippen LogP contribution in [0.4, 0.5) is 5.69 Å². The van der Waals surface area contributed by atoms with Crippen LogP contribution in [-0.2, 0) is 11.2 Å². The molecule has 4 heterocycles. The molecule has 142 valence electrons. The van der Waals surface area contributed by atoms with Crippen LogP contribution < -0.4 is 5.73 Å². The van der Waals surface area contributed by atoms with E-state index in [0.717, 1.165) is 45.4 Å². The van der Waals surface area contributed by atoms with Crippen molar-refractivity contribution >= 4 is 38.4 Å². The maximum Gasteiger partial charge on any atom is 0.232 e. The maximum absolute atomic E-state index is 12.8. The molecule has 0 amide bonds. The molecular formula is C21H20N4OS2. The van der Waals surface area contributed by atoms with E-state index in [1.54, 1.807) is 18.6 Å². The molecule has 28 heavy (non-hydrogen) atoms. The number of anilines is 1. The summed E-state index contributed by atoms with van der Waals surface area (Å²) in [5.74, 6) is 0.616. The molecule has 4 aromatic heterocycles. The smallest absolute Gasteiger partial charge is 0.232 e. The van der Waals surface area contributed by atoms with Crippen molar-refractivity contribution in [2.75, 3.05) is 11.5 Å². The van der Waals surface area contributed by atoms with E-state index in [1.807, 2.05) is 36.5 Å². The normalized spacial score (nSPS) is 12.4. The van der Waals surface area contributed by atoms with E-state index in [2.05, 4.69) is 16.9 Å². The molecule has 0 fully saturated rings. The van der Waals surface area contributed by atoms with Gasteiger partial charge in [-0.1, -0.05) is 30.7 Å². The van der Waals surface area contributed by atoms with Gasteiger partial charge in [0.05, 0.1) is 5.69 Å². The Balaban J connectivity index is 1.94. The highest BCUT2D eigenvalue weighted by Gasteiger charge is 2.24. The van der Waals surface area contributed by atoms with E-state index in [0.29, 0.717) is 15.6 Å². The molecular weight excluding hydrogens is 388 g/mol. The molecule has 0 saturated carbocycles. The van der Waals surface area contributed by atoms with Crippen molar-refractivity contribution in [3.8, 4) is 22.4 Å². The Morgan fingerprint density at radius 2 is 1.82 bits per heavy atom. The van der Waals surface area contributed by atoms with E-state index in [9.17, 15) is 4.55 Å². The second-order valence-corrected chi connectivity index (χ2v) is 9.19. The van der Waals surface area contributed by atoms with Crippen molar-refractivity contribution < 1.29 is 4.55 Å². The Kier molecular flexibility index (Phi) is 5.57. The number of hydrogen-bond acceptors (Lipinski definition) is 6. The molecule has 0 aromatic carbocycles. The molecule has 5 nitrogen and oxygen atoms in total. The zero-order chi connectivity index (χ0) is 19.5. The van der Waals surface area contributed by atoms with Crippen molar-refractivity contribution in [2.45, 2.75) is 24.0 Å². The quantitative estimate of drug-likeness (QED) is 0.458. The van der Waals surface area contributed by atoms with Gasteiger partial charge in [0, 0.05) is 41.3 Å². The molecule has 0 bridgehead atoms. The standard InChI is InChI=1S/C21H20N4OS2/c1-2-3-10-28(26)21-19(22)18-16(14-6-4-8-23-12-14)11-17(25-20(18)27-21)15-7-5-9-24-13-15/h4-9,11-13H,2-3,10,22H2,1H3/t28-/m1/s1. The lowest BCUT2D eigenvalue weighted by Crippen LogP contribution is -2.06. The largest absolute Gasteiger partial charge is 0.611 e. The van der Waals surface area contributed by atoms with E-state index >= 15 is 0 Å². The Bertz CT molecular complexity index is 1080. The minimum Gasteiger partial charge on any atom is -0.611 e. The first-order valence-electron chi connectivity index (χ1n) is 9.11. The average Bonchev–Trinajstić information content (AvgIpc) is 3.09. The van der Waals surface area contributed by atoms with Gasteiger partial charge in [-0.2, -0.15) is 0 Å². The maximum atomic E-state index is 12.8. The van der Waals surface area contributed by atoms with Gasteiger partial charge in [0.25, 0.3) is 0 Å². The van der Waals surface area contributed by atoms with Crippen LogP contribution in [0, 0.1) is 0 Å². The molecule has 1 atom stereocenters. The van der Waals surface area contributed by atoms with Crippen molar-refractivity contribution in [3.63, 3.8) is 0 Å². The number of thiophene rings is 1. The van der Waals surface area contributed by atoms with Crippen LogP contribution in [0.25, 0.3) is 32.6 Å². The van der Waals surface area contributed by atoms with Gasteiger partial charge in [-0.15, -0.1) is 0 Å². The van der Waals surface area contributed by atoms with Crippen LogP contribution in [-0.4, -0.2) is 25.3 Å². The van der Waals surface area contributed by atoms with Crippen LogP contribution >= 0.6 is 11.3 Å². The van der Waals surface area contributed by atoms with Crippen molar-refractivity contribution in [3.05, 3.63) is 55.1 Å². The SMILES string of the molecule is CCCC[S@@+]([O-])c1sc2nc(-c3cccnc3)cc(-c3cccnc3)c2c1N. The fourth-order valence-corrected chi connectivity index (χ4v) is 5.85. The third kappa shape index (κ3) is 3.61. The van der Waals surface area contributed by atoms with Gasteiger partial charge < -0.3 is 10.3 Å². The number of hydrogen-bond donors (Lipinski definition) is 1. The highest BCUT2D eigenvalue weighted by Crippen LogP contribution is 2.43. The van der Waals surface area contributed by atoms with E-state index in [4.69, 9.17) is 10.7 Å². The summed E-state index contributed by atoms with van der Waals surface area (Å²) in [4.78, 5) is 14.1. The predicted octanol–water partition coefficient (Wildman–Crippen LogP) is 4.91. The van der Waals surface area contributed by atoms with Gasteiger partial charge in [-0.25, -0.2) is 4.98 Å². The van der Waals surface area contributed by atoms with Gasteiger partial charge in [0.2, 0.25) is 4.21 Å². The van der Waals surface area contributed by atoms with Gasteiger partial charge >= 0.3 is 0 Å². The third-order valence-corrected chi connectivity index (χ3v) is 7.48. The van der Waals surface area contributed by atoms with Gasteiger partial charge in [-0.3, -0.25) is 9.97 Å². The summed E-state index contributed by atoms with van der Waals surface area (Å²) in [5.41, 5.74) is 10.7. The summed E-state index contributed by atoms with van der Waals surface area (Å²) in [7, 11) is 0. The Hall–Kier alpha value is -2.48. The van der Waals surface area contributed by atoms with Crippen molar-refractivity contribution in [1.29, 1.82) is 0 Å². The minimum absolute atomic E-state index is 0.568. The molecule has 0 aliphatic heterocycles. The molecule has 7 heteroatoms. The summed E-state index contributed by atoms with van der Waals surface area (Å²) in [5, 5.41) is 0.852. The Morgan fingerprint density at radius 3 is 2.46 bits per heavy atom. The van der Waals surface area contributed by atoms with E-state index in [1.165, 1.54) is 11.3 Å². The number of rotatable bonds is 6. The first-order valence-corrected chi connectivity index (χ1v) is 11.2. The molecule has 0 saturated heterocycles. The molecule has 4 rings (SSSR count). The zero-order valence-electron chi connectivity index (χ0n) is 15.5. The van der Waals surface area contributed by atoms with Gasteiger partial charge in [0.1, 0.15) is 16.3 Å². The number of nitrogen functional groups attached to an aromatic ring is 1. The van der Waals surface area contributed by atoms with Crippen LogP contribution in [0.2, 0.25) is 0 Å². The summed E-state index contributed by atoms with van der Waals surface area (Å²) < 4.78 is 13.5. The molecule has 0 radical (unpaired) electrons. The highest BCUT2D eigenvalue weighted by atomic mass is 32.2. The number of aromatic nitrogens is 3. The number of unbranched alkanes of at least 4 members (excludes halogenated alkanes) is 1. The van der Waals surface area contributed by atoms with E-state index in [-0.39, 0.29) is 0 Å². The molecule has 0 unspecified atom stereocenters. The second kappa shape index (κ2) is 8.26. The van der Waals surface area contributed by atoms with Crippen LogP contribution in [0.1, 0.15) is 19.8 Å². The Labute approximate surface area is 170 Å².